The Labute approximate surface area is 184 Å². The van der Waals surface area contributed by atoms with E-state index in [0.29, 0.717) is 37.8 Å². The first-order valence-corrected chi connectivity index (χ1v) is 12.2. The highest BCUT2D eigenvalue weighted by Gasteiger charge is 2.53. The second kappa shape index (κ2) is 9.64. The summed E-state index contributed by atoms with van der Waals surface area (Å²) in [6, 6.07) is 14.8. The summed E-state index contributed by atoms with van der Waals surface area (Å²) < 4.78 is 25.7. The number of benzene rings is 2. The van der Waals surface area contributed by atoms with Crippen molar-refractivity contribution in [2.45, 2.75) is 62.1 Å². The van der Waals surface area contributed by atoms with Crippen LogP contribution in [0.15, 0.2) is 53.4 Å². The van der Waals surface area contributed by atoms with E-state index >= 15 is 0 Å². The molecule has 2 amide bonds. The molecule has 0 heterocycles. The van der Waals surface area contributed by atoms with Gasteiger partial charge in [-0.25, -0.2) is 8.42 Å². The quantitative estimate of drug-likeness (QED) is 0.657. The third-order valence-corrected chi connectivity index (χ3v) is 8.58. The van der Waals surface area contributed by atoms with Crippen molar-refractivity contribution in [3.63, 3.8) is 0 Å². The highest BCUT2D eigenvalue weighted by molar-refractivity contribution is 7.93. The van der Waals surface area contributed by atoms with Gasteiger partial charge in [-0.3, -0.25) is 9.59 Å². The molecule has 2 N–H and O–H groups in total. The molecule has 31 heavy (non-hydrogen) atoms. The van der Waals surface area contributed by atoms with Gasteiger partial charge in [0.25, 0.3) is 0 Å². The van der Waals surface area contributed by atoms with Gasteiger partial charge in [-0.1, -0.05) is 55.3 Å². The zero-order chi connectivity index (χ0) is 22.5. The van der Waals surface area contributed by atoms with Crippen molar-refractivity contribution in [3.8, 4) is 0 Å². The Bertz CT molecular complexity index is 1040. The van der Waals surface area contributed by atoms with Gasteiger partial charge in [-0.05, 0) is 49.4 Å². The summed E-state index contributed by atoms with van der Waals surface area (Å²) in [5.41, 5.74) is 2.47. The van der Waals surface area contributed by atoms with Crippen LogP contribution in [-0.4, -0.2) is 31.5 Å². The molecule has 0 aromatic heterocycles. The number of aryl methyl sites for hydroxylation is 2. The van der Waals surface area contributed by atoms with Crippen LogP contribution in [0.25, 0.3) is 0 Å². The number of hydrogen-bond donors (Lipinski definition) is 2. The Hall–Kier alpha value is -2.67. The maximum Gasteiger partial charge on any atom is 0.241 e. The van der Waals surface area contributed by atoms with E-state index in [4.69, 9.17) is 0 Å². The highest BCUT2D eigenvalue weighted by Crippen LogP contribution is 2.41. The predicted molar refractivity (Wildman–Crippen MR) is 120 cm³/mol. The molecule has 0 unspecified atom stereocenters. The van der Waals surface area contributed by atoms with Gasteiger partial charge in [0.2, 0.25) is 11.8 Å². The fourth-order valence-corrected chi connectivity index (χ4v) is 6.50. The first-order valence-electron chi connectivity index (χ1n) is 10.7. The maximum absolute atomic E-state index is 13.6. The van der Waals surface area contributed by atoms with E-state index in [1.165, 1.54) is 0 Å². The van der Waals surface area contributed by atoms with Crippen molar-refractivity contribution in [1.29, 1.82) is 0 Å². The lowest BCUT2D eigenvalue weighted by Crippen LogP contribution is -2.51. The molecule has 2 aromatic carbocycles. The van der Waals surface area contributed by atoms with Crippen LogP contribution in [0.3, 0.4) is 0 Å². The number of nitrogens with one attached hydrogen (secondary N) is 2. The zero-order valence-electron chi connectivity index (χ0n) is 18.1. The average molecular weight is 443 g/mol. The molecule has 0 aliphatic heterocycles. The van der Waals surface area contributed by atoms with Crippen LogP contribution >= 0.6 is 0 Å². The van der Waals surface area contributed by atoms with Gasteiger partial charge in [-0.2, -0.15) is 0 Å². The summed E-state index contributed by atoms with van der Waals surface area (Å²) in [5.74, 6) is -0.691. The van der Waals surface area contributed by atoms with Crippen molar-refractivity contribution in [2.75, 3.05) is 6.54 Å². The molecule has 3 rings (SSSR count). The highest BCUT2D eigenvalue weighted by atomic mass is 32.2. The molecular formula is C24H30N2O4S. The van der Waals surface area contributed by atoms with Crippen LogP contribution in [0.2, 0.25) is 0 Å². The predicted octanol–water partition coefficient (Wildman–Crippen LogP) is 3.21. The molecule has 1 saturated carbocycles. The van der Waals surface area contributed by atoms with Crippen LogP contribution in [0.4, 0.5) is 0 Å². The third-order valence-electron chi connectivity index (χ3n) is 5.94. The minimum absolute atomic E-state index is 0.0954. The summed E-state index contributed by atoms with van der Waals surface area (Å²) in [5, 5.41) is 5.54. The van der Waals surface area contributed by atoms with E-state index in [2.05, 4.69) is 10.6 Å². The Balaban J connectivity index is 1.65. The molecule has 1 fully saturated rings. The molecule has 1 aliphatic rings. The van der Waals surface area contributed by atoms with Crippen LogP contribution in [0.1, 0.15) is 48.8 Å². The van der Waals surface area contributed by atoms with Gasteiger partial charge in [0.05, 0.1) is 4.90 Å². The van der Waals surface area contributed by atoms with Crippen LogP contribution in [0.5, 0.6) is 0 Å². The number of carbonyl (C=O) groups is 2. The maximum atomic E-state index is 13.6. The van der Waals surface area contributed by atoms with Crippen LogP contribution in [0, 0.1) is 13.8 Å². The third kappa shape index (κ3) is 4.98. The van der Waals surface area contributed by atoms with Crippen molar-refractivity contribution >= 4 is 21.7 Å². The fourth-order valence-electron chi connectivity index (χ4n) is 4.11. The van der Waals surface area contributed by atoms with Gasteiger partial charge < -0.3 is 10.6 Å². The number of amides is 2. The van der Waals surface area contributed by atoms with Gasteiger partial charge in [-0.15, -0.1) is 0 Å². The molecule has 0 saturated heterocycles. The van der Waals surface area contributed by atoms with Crippen molar-refractivity contribution in [1.82, 2.24) is 10.6 Å². The topological polar surface area (TPSA) is 92.3 Å². The summed E-state index contributed by atoms with van der Waals surface area (Å²) in [6.45, 7) is 4.11. The normalized spacial score (nSPS) is 15.4. The lowest BCUT2D eigenvalue weighted by Gasteiger charge is -2.28. The molecule has 166 valence electrons. The van der Waals surface area contributed by atoms with E-state index in [9.17, 15) is 18.0 Å². The summed E-state index contributed by atoms with van der Waals surface area (Å²) in [4.78, 5) is 25.5. The zero-order valence-corrected chi connectivity index (χ0v) is 18.9. The second-order valence-electron chi connectivity index (χ2n) is 8.24. The molecule has 0 spiro atoms. The lowest BCUT2D eigenvalue weighted by molar-refractivity contribution is -0.124. The van der Waals surface area contributed by atoms with Gasteiger partial charge >= 0.3 is 0 Å². The van der Waals surface area contributed by atoms with Crippen molar-refractivity contribution in [2.24, 2.45) is 0 Å². The minimum Gasteiger partial charge on any atom is -0.354 e. The number of carbonyl (C=O) groups excluding carboxylic acids is 2. The Morgan fingerprint density at radius 3 is 2.32 bits per heavy atom. The van der Waals surface area contributed by atoms with Gasteiger partial charge in [0.1, 0.15) is 0 Å². The largest absolute Gasteiger partial charge is 0.354 e. The van der Waals surface area contributed by atoms with Gasteiger partial charge in [0.15, 0.2) is 14.6 Å². The van der Waals surface area contributed by atoms with Crippen molar-refractivity contribution in [3.05, 3.63) is 65.2 Å². The van der Waals surface area contributed by atoms with Crippen molar-refractivity contribution < 1.29 is 18.0 Å². The smallest absolute Gasteiger partial charge is 0.241 e. The van der Waals surface area contributed by atoms with E-state index in [1.807, 2.05) is 43.3 Å². The summed E-state index contributed by atoms with van der Waals surface area (Å²) >= 11 is 0. The first kappa shape index (κ1) is 23.0. The van der Waals surface area contributed by atoms with E-state index in [0.717, 1.165) is 11.1 Å². The SMILES string of the molecule is Cc1ccc(C)c(S(=O)(=O)C2(C(=O)NCCC(=O)NCc3ccccc3)CCCC2)c1. The Kier molecular flexibility index (Phi) is 7.15. The monoisotopic (exact) mass is 442 g/mol. The van der Waals surface area contributed by atoms with E-state index in [1.54, 1.807) is 19.1 Å². The minimum atomic E-state index is -3.86. The number of sulfone groups is 1. The van der Waals surface area contributed by atoms with E-state index < -0.39 is 20.5 Å². The molecule has 6 nitrogen and oxygen atoms in total. The molecule has 2 aromatic rings. The molecular weight excluding hydrogens is 412 g/mol. The number of hydrogen-bond acceptors (Lipinski definition) is 4. The van der Waals surface area contributed by atoms with E-state index in [-0.39, 0.29) is 23.8 Å². The number of rotatable bonds is 8. The first-order chi connectivity index (χ1) is 14.8. The fraction of sp³-hybridized carbons (Fsp3) is 0.417. The van der Waals surface area contributed by atoms with Gasteiger partial charge in [0, 0.05) is 19.5 Å². The summed E-state index contributed by atoms with van der Waals surface area (Å²) in [7, 11) is -3.86. The molecule has 7 heteroatoms. The van der Waals surface area contributed by atoms with Crippen LogP contribution < -0.4 is 10.6 Å². The Morgan fingerprint density at radius 1 is 0.968 bits per heavy atom. The molecule has 0 atom stereocenters. The summed E-state index contributed by atoms with van der Waals surface area (Å²) in [6.07, 6.45) is 2.08. The molecule has 0 bridgehead atoms. The Morgan fingerprint density at radius 2 is 1.65 bits per heavy atom. The standard InChI is InChI=1S/C24H30N2O4S/c1-18-10-11-19(2)21(16-18)31(29,30)24(13-6-7-14-24)23(28)25-15-12-22(27)26-17-20-8-4-3-5-9-20/h3-5,8-11,16H,6-7,12-15,17H2,1-2H3,(H,25,28)(H,26,27). The molecule has 1 aliphatic carbocycles. The second-order valence-corrected chi connectivity index (χ2v) is 10.5. The van der Waals surface area contributed by atoms with Crippen LogP contribution in [-0.2, 0) is 26.0 Å². The molecule has 0 radical (unpaired) electrons. The average Bonchev–Trinajstić information content (AvgIpc) is 3.26. The lowest BCUT2D eigenvalue weighted by atomic mass is 10.1.